The van der Waals surface area contributed by atoms with Gasteiger partial charge >= 0.3 is 0 Å². The molecule has 0 bridgehead atoms. The Morgan fingerprint density at radius 1 is 1.08 bits per heavy atom. The fourth-order valence-corrected chi connectivity index (χ4v) is 5.06. The molecule has 0 aromatic heterocycles. The first-order valence-corrected chi connectivity index (χ1v) is 15.9. The lowest BCUT2D eigenvalue weighted by molar-refractivity contribution is -0.131. The van der Waals surface area contributed by atoms with Crippen molar-refractivity contribution < 1.29 is 28.2 Å². The molecule has 0 saturated carbocycles. The Balaban J connectivity index is 1.85. The van der Waals surface area contributed by atoms with Crippen molar-refractivity contribution in [2.75, 3.05) is 26.1 Å². The van der Waals surface area contributed by atoms with E-state index in [1.54, 1.807) is 14.2 Å². The van der Waals surface area contributed by atoms with E-state index in [2.05, 4.69) is 44.5 Å². The van der Waals surface area contributed by atoms with Gasteiger partial charge in [-0.25, -0.2) is 0 Å². The molecule has 1 fully saturated rings. The Labute approximate surface area is 227 Å². The van der Waals surface area contributed by atoms with Crippen LogP contribution >= 0.6 is 0 Å². The van der Waals surface area contributed by atoms with Crippen molar-refractivity contribution >= 4 is 25.8 Å². The first kappa shape index (κ1) is 30.0. The minimum Gasteiger partial charge on any atom is -0.414 e. The molecular weight excluding hydrogens is 500 g/mol. The second-order valence-electron chi connectivity index (χ2n) is 11.3. The first-order valence-electron chi connectivity index (χ1n) is 13.0. The minimum absolute atomic E-state index is 0.0571. The molecule has 8 nitrogen and oxygen atoms in total. The van der Waals surface area contributed by atoms with Crippen molar-refractivity contribution in [3.05, 3.63) is 65.7 Å². The summed E-state index contributed by atoms with van der Waals surface area (Å²) in [5.41, 5.74) is 1.17. The van der Waals surface area contributed by atoms with Gasteiger partial charge in [-0.15, -0.1) is 0 Å². The first-order chi connectivity index (χ1) is 17.9. The molecule has 208 valence electrons. The summed E-state index contributed by atoms with van der Waals surface area (Å²) in [5, 5.41) is 5.95. The van der Waals surface area contributed by atoms with Crippen molar-refractivity contribution in [3.8, 4) is 0 Å². The third-order valence-electron chi connectivity index (χ3n) is 7.58. The number of nitrogens with one attached hydrogen (secondary N) is 2. The Morgan fingerprint density at radius 3 is 2.34 bits per heavy atom. The van der Waals surface area contributed by atoms with Crippen molar-refractivity contribution in [3.63, 3.8) is 0 Å². The average molecular weight is 543 g/mol. The zero-order valence-corrected chi connectivity index (χ0v) is 24.6. The van der Waals surface area contributed by atoms with Crippen LogP contribution in [0.3, 0.4) is 0 Å². The summed E-state index contributed by atoms with van der Waals surface area (Å²) < 4.78 is 23.2. The van der Waals surface area contributed by atoms with Gasteiger partial charge in [0.1, 0.15) is 11.6 Å². The van der Waals surface area contributed by atoms with E-state index < -0.39 is 26.3 Å². The molecule has 1 aliphatic rings. The molecular formula is C29H42N2O6Si. The molecule has 2 N–H and O–H groups in total. The second kappa shape index (κ2) is 12.5. The molecule has 1 heterocycles. The van der Waals surface area contributed by atoms with Gasteiger partial charge in [0.25, 0.3) is 5.91 Å². The molecule has 2 amide bonds. The van der Waals surface area contributed by atoms with Gasteiger partial charge in [-0.3, -0.25) is 9.59 Å². The summed E-state index contributed by atoms with van der Waals surface area (Å²) in [4.78, 5) is 27.0. The number of benzene rings is 2. The van der Waals surface area contributed by atoms with Crippen LogP contribution in [0.25, 0.3) is 0 Å². The highest BCUT2D eigenvalue weighted by atomic mass is 28.4. The Bertz CT molecular complexity index is 1080. The smallest absolute Gasteiger partial charge is 0.252 e. The maximum absolute atomic E-state index is 13.9. The molecule has 3 rings (SSSR count). The van der Waals surface area contributed by atoms with Crippen molar-refractivity contribution in [2.24, 2.45) is 0 Å². The lowest BCUT2D eigenvalue weighted by Crippen LogP contribution is -2.57. The van der Waals surface area contributed by atoms with Crippen LogP contribution in [0, 0.1) is 0 Å². The number of rotatable bonds is 12. The van der Waals surface area contributed by atoms with Crippen LogP contribution in [-0.2, 0) is 41.3 Å². The van der Waals surface area contributed by atoms with Gasteiger partial charge in [-0.2, -0.15) is 0 Å². The highest BCUT2D eigenvalue weighted by Crippen LogP contribution is 2.38. The number of amides is 2. The molecule has 9 heteroatoms. The van der Waals surface area contributed by atoms with Crippen LogP contribution < -0.4 is 10.6 Å². The van der Waals surface area contributed by atoms with Gasteiger partial charge in [-0.05, 0) is 35.3 Å². The summed E-state index contributed by atoms with van der Waals surface area (Å²) in [7, 11) is 0.931. The summed E-state index contributed by atoms with van der Waals surface area (Å²) in [6.07, 6.45) is -0.608. The quantitative estimate of drug-likeness (QED) is 0.299. The van der Waals surface area contributed by atoms with Crippen LogP contribution in [0.4, 0.5) is 5.69 Å². The highest BCUT2D eigenvalue weighted by molar-refractivity contribution is 6.74. The summed E-state index contributed by atoms with van der Waals surface area (Å²) in [5.74, 6) is -0.656. The van der Waals surface area contributed by atoms with E-state index in [0.29, 0.717) is 12.1 Å². The van der Waals surface area contributed by atoms with Crippen LogP contribution in [0.5, 0.6) is 0 Å². The predicted octanol–water partition coefficient (Wildman–Crippen LogP) is 4.65. The molecule has 1 aliphatic heterocycles. The number of hydrogen-bond donors (Lipinski definition) is 2. The van der Waals surface area contributed by atoms with E-state index in [1.165, 1.54) is 0 Å². The lowest BCUT2D eigenvalue weighted by Gasteiger charge is -2.39. The summed E-state index contributed by atoms with van der Waals surface area (Å²) in [6, 6.07) is 17.2. The standard InChI is InChI=1S/C29H42N2O6Si/c1-28(2,3)38(6,7)37-20-29(18-24(26(32)31-29)36-19-21-13-9-8-10-14-21)27(33)30-23-16-12-11-15-22(23)17-25(34-4)35-5/h8-16,24-25H,17-20H2,1-7H3,(H,30,33)(H,31,32). The van der Waals surface area contributed by atoms with Gasteiger partial charge in [0, 0.05) is 32.7 Å². The van der Waals surface area contributed by atoms with Crippen molar-refractivity contribution in [1.82, 2.24) is 5.32 Å². The third-order valence-corrected chi connectivity index (χ3v) is 12.1. The summed E-state index contributed by atoms with van der Waals surface area (Å²) >= 11 is 0. The van der Waals surface area contributed by atoms with E-state index in [9.17, 15) is 9.59 Å². The normalized spacial score (nSPS) is 20.0. The molecule has 0 radical (unpaired) electrons. The van der Waals surface area contributed by atoms with Crippen LogP contribution in [-0.4, -0.2) is 58.9 Å². The largest absolute Gasteiger partial charge is 0.414 e. The van der Waals surface area contributed by atoms with Gasteiger partial charge in [0.05, 0.1) is 13.2 Å². The molecule has 0 spiro atoms. The molecule has 2 aromatic rings. The van der Waals surface area contributed by atoms with E-state index in [4.69, 9.17) is 18.6 Å². The SMILES string of the molecule is COC(Cc1ccccc1NC(=O)C1(CO[Si](C)(C)C(C)(C)C)CC(OCc2ccccc2)C(=O)N1)OC. The number of para-hydroxylation sites is 1. The molecule has 2 atom stereocenters. The lowest BCUT2D eigenvalue weighted by atomic mass is 9.96. The maximum atomic E-state index is 13.9. The highest BCUT2D eigenvalue weighted by Gasteiger charge is 2.52. The van der Waals surface area contributed by atoms with Gasteiger partial charge in [-0.1, -0.05) is 69.3 Å². The Morgan fingerprint density at radius 2 is 1.71 bits per heavy atom. The van der Waals surface area contributed by atoms with Crippen LogP contribution in [0.15, 0.2) is 54.6 Å². The fraction of sp³-hybridized carbons (Fsp3) is 0.517. The molecule has 1 saturated heterocycles. The van der Waals surface area contributed by atoms with Gasteiger partial charge in [0.15, 0.2) is 14.6 Å². The topological polar surface area (TPSA) is 95.1 Å². The average Bonchev–Trinajstić information content (AvgIpc) is 3.22. The number of carbonyl (C=O) groups is 2. The number of ether oxygens (including phenoxy) is 3. The number of carbonyl (C=O) groups excluding carboxylic acids is 2. The molecule has 2 aromatic carbocycles. The predicted molar refractivity (Wildman–Crippen MR) is 150 cm³/mol. The van der Waals surface area contributed by atoms with E-state index in [-0.39, 0.29) is 36.5 Å². The van der Waals surface area contributed by atoms with Crippen LogP contribution in [0.2, 0.25) is 18.1 Å². The number of hydrogen-bond acceptors (Lipinski definition) is 6. The van der Waals surface area contributed by atoms with E-state index >= 15 is 0 Å². The van der Waals surface area contributed by atoms with E-state index in [0.717, 1.165) is 11.1 Å². The Hall–Kier alpha value is -2.56. The molecule has 0 aliphatic carbocycles. The second-order valence-corrected chi connectivity index (χ2v) is 16.1. The molecule has 2 unspecified atom stereocenters. The minimum atomic E-state index is -2.22. The number of anilines is 1. The van der Waals surface area contributed by atoms with Crippen molar-refractivity contribution in [1.29, 1.82) is 0 Å². The Kier molecular flexibility index (Phi) is 9.89. The fourth-order valence-electron chi connectivity index (χ4n) is 4.02. The van der Waals surface area contributed by atoms with Gasteiger partial charge in [0.2, 0.25) is 5.91 Å². The monoisotopic (exact) mass is 542 g/mol. The zero-order chi connectivity index (χ0) is 28.0. The maximum Gasteiger partial charge on any atom is 0.252 e. The van der Waals surface area contributed by atoms with Crippen LogP contribution in [0.1, 0.15) is 38.3 Å². The zero-order valence-electron chi connectivity index (χ0n) is 23.6. The van der Waals surface area contributed by atoms with Crippen molar-refractivity contribution in [2.45, 2.75) is 76.3 Å². The molecule has 38 heavy (non-hydrogen) atoms. The number of methoxy groups -OCH3 is 2. The van der Waals surface area contributed by atoms with Gasteiger partial charge < -0.3 is 29.3 Å². The third kappa shape index (κ3) is 7.30. The summed E-state index contributed by atoms with van der Waals surface area (Å²) in [6.45, 7) is 11.0. The van der Waals surface area contributed by atoms with E-state index in [1.807, 2.05) is 54.6 Å².